The van der Waals surface area contributed by atoms with Crippen LogP contribution in [0.1, 0.15) is 27.6 Å². The quantitative estimate of drug-likeness (QED) is 0.505. The molecule has 0 spiro atoms. The van der Waals surface area contributed by atoms with Crippen LogP contribution in [0.3, 0.4) is 0 Å². The number of rotatable bonds is 4. The highest BCUT2D eigenvalue weighted by Gasteiger charge is 2.24. The number of nitrogens with zero attached hydrogens (tertiary/aromatic N) is 1. The summed E-state index contributed by atoms with van der Waals surface area (Å²) in [5.74, 6) is -0.489. The van der Waals surface area contributed by atoms with Crippen molar-refractivity contribution in [3.05, 3.63) is 64.3 Å². The number of aromatic nitrogens is 1. The monoisotopic (exact) mass is 371 g/mol. The van der Waals surface area contributed by atoms with Crippen LogP contribution in [0, 0.1) is 0 Å². The molecule has 23 heavy (non-hydrogen) atoms. The molecule has 0 aliphatic heterocycles. The number of benzene rings is 1. The Kier molecular flexibility index (Phi) is 4.30. The molecule has 5 heteroatoms. The van der Waals surface area contributed by atoms with E-state index in [2.05, 4.69) is 15.9 Å². The second kappa shape index (κ2) is 6.38. The number of pyridine rings is 1. The van der Waals surface area contributed by atoms with Crippen molar-refractivity contribution in [1.29, 1.82) is 0 Å². The van der Waals surface area contributed by atoms with Gasteiger partial charge in [-0.15, -0.1) is 0 Å². The average Bonchev–Trinajstić information content (AvgIpc) is 2.89. The molecule has 0 aliphatic carbocycles. The van der Waals surface area contributed by atoms with Crippen LogP contribution in [-0.4, -0.2) is 23.3 Å². The topological polar surface area (TPSA) is 47.8 Å². The van der Waals surface area contributed by atoms with Crippen molar-refractivity contribution in [3.63, 3.8) is 0 Å². The summed E-state index contributed by atoms with van der Waals surface area (Å²) in [4.78, 5) is 24.1. The number of hydrogen-bond acceptors (Lipinski definition) is 3. The number of halogens is 1. The number of hydrogen-bond donors (Lipinski definition) is 0. The lowest BCUT2D eigenvalue weighted by atomic mass is 10.1. The highest BCUT2D eigenvalue weighted by atomic mass is 79.9. The Hall–Kier alpha value is -2.40. The molecule has 0 fully saturated rings. The van der Waals surface area contributed by atoms with E-state index in [4.69, 9.17) is 4.74 Å². The summed E-state index contributed by atoms with van der Waals surface area (Å²) in [5.41, 5.74) is 2.83. The maximum absolute atomic E-state index is 12.4. The predicted octanol–water partition coefficient (Wildman–Crippen LogP) is 4.36. The lowest BCUT2D eigenvalue weighted by Gasteiger charge is -2.04. The lowest BCUT2D eigenvalue weighted by molar-refractivity contribution is 0.0527. The fourth-order valence-electron chi connectivity index (χ4n) is 2.67. The van der Waals surface area contributed by atoms with Gasteiger partial charge in [-0.1, -0.05) is 30.3 Å². The minimum atomic E-state index is -0.489. The highest BCUT2D eigenvalue weighted by Crippen LogP contribution is 2.32. The fraction of sp³-hybridized carbons (Fsp3) is 0.111. The molecule has 0 bridgehead atoms. The summed E-state index contributed by atoms with van der Waals surface area (Å²) in [6.07, 6.45) is 2.56. The van der Waals surface area contributed by atoms with Gasteiger partial charge in [-0.05, 0) is 40.5 Å². The number of carbonyl (C=O) groups is 2. The van der Waals surface area contributed by atoms with Crippen LogP contribution < -0.4 is 0 Å². The van der Waals surface area contributed by atoms with Crippen LogP contribution in [0.2, 0.25) is 0 Å². The van der Waals surface area contributed by atoms with E-state index in [9.17, 15) is 9.59 Å². The molecule has 3 rings (SSSR count). The summed E-state index contributed by atoms with van der Waals surface area (Å²) in [5, 5.41) is 0. The van der Waals surface area contributed by atoms with Crippen LogP contribution in [0.5, 0.6) is 0 Å². The van der Waals surface area contributed by atoms with E-state index in [1.54, 1.807) is 13.0 Å². The Labute approximate surface area is 141 Å². The van der Waals surface area contributed by atoms with Crippen molar-refractivity contribution < 1.29 is 14.3 Å². The molecule has 0 unspecified atom stereocenters. The molecule has 2 heterocycles. The zero-order valence-electron chi connectivity index (χ0n) is 12.5. The van der Waals surface area contributed by atoms with Gasteiger partial charge in [0.05, 0.1) is 28.9 Å². The van der Waals surface area contributed by atoms with Crippen molar-refractivity contribution in [2.24, 2.45) is 0 Å². The maximum atomic E-state index is 12.4. The average molecular weight is 372 g/mol. The summed E-state index contributed by atoms with van der Waals surface area (Å²) < 4.78 is 7.83. The first-order valence-electron chi connectivity index (χ1n) is 7.18. The zero-order chi connectivity index (χ0) is 16.4. The van der Waals surface area contributed by atoms with Crippen LogP contribution in [0.25, 0.3) is 16.8 Å². The van der Waals surface area contributed by atoms with E-state index in [0.717, 1.165) is 16.3 Å². The van der Waals surface area contributed by atoms with E-state index < -0.39 is 5.97 Å². The molecule has 0 radical (unpaired) electrons. The number of aldehydes is 1. The van der Waals surface area contributed by atoms with Gasteiger partial charge in [0.2, 0.25) is 0 Å². The Balaban J connectivity index is 2.40. The molecule has 0 atom stereocenters. The standard InChI is InChI=1S/C18H14BrNO3/c1-2-23-18(22)16-14(11-21)17(12-6-4-3-5-7-12)20-10-13(19)8-9-15(16)20/h3-11H,2H2,1H3. The fourth-order valence-corrected chi connectivity index (χ4v) is 3.01. The van der Waals surface area contributed by atoms with Crippen LogP contribution >= 0.6 is 15.9 Å². The Morgan fingerprint density at radius 3 is 2.61 bits per heavy atom. The SMILES string of the molecule is CCOC(=O)c1c(C=O)c(-c2ccccc2)n2cc(Br)ccc12. The normalized spacial score (nSPS) is 10.7. The third kappa shape index (κ3) is 2.68. The molecule has 0 amide bonds. The van der Waals surface area contributed by atoms with Gasteiger partial charge in [0.15, 0.2) is 6.29 Å². The molecule has 0 saturated carbocycles. The van der Waals surface area contributed by atoms with Gasteiger partial charge in [0.25, 0.3) is 0 Å². The van der Waals surface area contributed by atoms with Crippen LogP contribution in [-0.2, 0) is 4.74 Å². The number of carbonyl (C=O) groups excluding carboxylic acids is 2. The van der Waals surface area contributed by atoms with E-state index in [-0.39, 0.29) is 6.61 Å². The lowest BCUT2D eigenvalue weighted by Crippen LogP contribution is -2.06. The zero-order valence-corrected chi connectivity index (χ0v) is 14.0. The van der Waals surface area contributed by atoms with Gasteiger partial charge in [0.1, 0.15) is 0 Å². The Morgan fingerprint density at radius 2 is 1.96 bits per heavy atom. The van der Waals surface area contributed by atoms with E-state index in [1.165, 1.54) is 0 Å². The predicted molar refractivity (Wildman–Crippen MR) is 91.9 cm³/mol. The summed E-state index contributed by atoms with van der Waals surface area (Å²) in [6.45, 7) is 2.00. The molecule has 0 aliphatic rings. The molecule has 0 N–H and O–H groups in total. The first kappa shape index (κ1) is 15.5. The number of ether oxygens (including phenoxy) is 1. The second-order valence-corrected chi connectivity index (χ2v) is 5.86. The Bertz CT molecular complexity index is 884. The van der Waals surface area contributed by atoms with Crippen LogP contribution in [0.15, 0.2) is 53.1 Å². The molecule has 116 valence electrons. The number of fused-ring (bicyclic) bond motifs is 1. The maximum Gasteiger partial charge on any atom is 0.341 e. The highest BCUT2D eigenvalue weighted by molar-refractivity contribution is 9.10. The second-order valence-electron chi connectivity index (χ2n) is 4.94. The van der Waals surface area contributed by atoms with Gasteiger partial charge in [0, 0.05) is 10.7 Å². The molecular weight excluding hydrogens is 358 g/mol. The van der Waals surface area contributed by atoms with Gasteiger partial charge in [-0.3, -0.25) is 4.79 Å². The van der Waals surface area contributed by atoms with E-state index in [0.29, 0.717) is 22.3 Å². The van der Waals surface area contributed by atoms with Gasteiger partial charge in [-0.2, -0.15) is 0 Å². The van der Waals surface area contributed by atoms with Crippen LogP contribution in [0.4, 0.5) is 0 Å². The smallest absolute Gasteiger partial charge is 0.341 e. The van der Waals surface area contributed by atoms with Crippen molar-refractivity contribution >= 4 is 33.7 Å². The summed E-state index contributed by atoms with van der Waals surface area (Å²) >= 11 is 3.44. The Morgan fingerprint density at radius 1 is 1.22 bits per heavy atom. The van der Waals surface area contributed by atoms with Crippen molar-refractivity contribution in [2.45, 2.75) is 6.92 Å². The number of esters is 1. The molecule has 3 aromatic rings. The molecule has 1 aromatic carbocycles. The van der Waals surface area contributed by atoms with Crippen molar-refractivity contribution in [3.8, 4) is 11.3 Å². The minimum absolute atomic E-state index is 0.256. The van der Waals surface area contributed by atoms with Crippen molar-refractivity contribution in [2.75, 3.05) is 6.61 Å². The van der Waals surface area contributed by atoms with E-state index >= 15 is 0 Å². The first-order valence-corrected chi connectivity index (χ1v) is 7.98. The van der Waals surface area contributed by atoms with Gasteiger partial charge in [-0.25, -0.2) is 4.79 Å². The minimum Gasteiger partial charge on any atom is -0.462 e. The largest absolute Gasteiger partial charge is 0.462 e. The third-order valence-corrected chi connectivity index (χ3v) is 4.05. The third-order valence-electron chi connectivity index (χ3n) is 3.58. The van der Waals surface area contributed by atoms with Gasteiger partial charge < -0.3 is 9.14 Å². The van der Waals surface area contributed by atoms with Crippen molar-refractivity contribution in [1.82, 2.24) is 4.40 Å². The molecular formula is C18H14BrNO3. The summed E-state index contributed by atoms with van der Waals surface area (Å²) in [6, 6.07) is 13.1. The molecule has 0 saturated heterocycles. The first-order chi connectivity index (χ1) is 11.2. The van der Waals surface area contributed by atoms with Gasteiger partial charge >= 0.3 is 5.97 Å². The molecule has 2 aromatic heterocycles. The summed E-state index contributed by atoms with van der Waals surface area (Å²) in [7, 11) is 0. The van der Waals surface area contributed by atoms with E-state index in [1.807, 2.05) is 47.0 Å². The molecule has 4 nitrogen and oxygen atoms in total.